The van der Waals surface area contributed by atoms with E-state index >= 15 is 0 Å². The molecule has 4 nitrogen and oxygen atoms in total. The molecule has 1 N–H and O–H groups in total. The molecule has 0 fully saturated rings. The largest absolute Gasteiger partial charge is 0.444 e. The first-order chi connectivity index (χ1) is 6.76. The number of carbonyl (C=O) groups is 2. The number of nitrogens with one attached hydrogen (secondary N) is 1. The molecule has 1 atom stereocenters. The van der Waals surface area contributed by atoms with Crippen molar-refractivity contribution < 1.29 is 23.1 Å². The van der Waals surface area contributed by atoms with Gasteiger partial charge >= 0.3 is 6.09 Å². The summed E-state index contributed by atoms with van der Waals surface area (Å²) in [7, 11) is 0. The summed E-state index contributed by atoms with van der Waals surface area (Å²) in [4.78, 5) is 21.1. The molecule has 0 heterocycles. The fourth-order valence-electron chi connectivity index (χ4n) is 0.787. The zero-order valence-corrected chi connectivity index (χ0v) is 8.92. The first kappa shape index (κ1) is 13.8. The quantitative estimate of drug-likeness (QED) is 0.738. The number of halogens is 2. The van der Waals surface area contributed by atoms with E-state index in [0.29, 0.717) is 6.29 Å². The summed E-state index contributed by atoms with van der Waals surface area (Å²) in [5, 5.41) is 1.93. The highest BCUT2D eigenvalue weighted by Gasteiger charge is 2.24. The summed E-state index contributed by atoms with van der Waals surface area (Å²) < 4.78 is 29.3. The van der Waals surface area contributed by atoms with Crippen molar-refractivity contribution in [3.05, 3.63) is 0 Å². The molecule has 0 aliphatic heterocycles. The Kier molecular flexibility index (Phi) is 5.18. The second-order valence-electron chi connectivity index (χ2n) is 3.99. The van der Waals surface area contributed by atoms with Gasteiger partial charge in [-0.3, -0.25) is 0 Å². The monoisotopic (exact) mass is 223 g/mol. The van der Waals surface area contributed by atoms with Crippen LogP contribution in [0.2, 0.25) is 0 Å². The smallest absolute Gasteiger partial charge is 0.408 e. The van der Waals surface area contributed by atoms with E-state index in [1.54, 1.807) is 20.8 Å². The Hall–Kier alpha value is -1.20. The molecule has 0 aromatic heterocycles. The van der Waals surface area contributed by atoms with E-state index in [9.17, 15) is 18.4 Å². The van der Waals surface area contributed by atoms with Crippen molar-refractivity contribution in [2.75, 3.05) is 0 Å². The van der Waals surface area contributed by atoms with Crippen molar-refractivity contribution in [2.45, 2.75) is 45.3 Å². The maximum atomic E-state index is 12.3. The van der Waals surface area contributed by atoms with Gasteiger partial charge < -0.3 is 14.8 Å². The highest BCUT2D eigenvalue weighted by molar-refractivity contribution is 5.68. The molecule has 0 spiro atoms. The van der Waals surface area contributed by atoms with Gasteiger partial charge in [-0.2, -0.15) is 0 Å². The normalized spacial score (nSPS) is 13.5. The number of aldehydes is 1. The highest BCUT2D eigenvalue weighted by Crippen LogP contribution is 2.09. The summed E-state index contributed by atoms with van der Waals surface area (Å²) in [6, 6.07) is -1.49. The average Bonchev–Trinajstić information content (AvgIpc) is 1.99. The molecule has 15 heavy (non-hydrogen) atoms. The molecule has 0 saturated carbocycles. The van der Waals surface area contributed by atoms with Crippen LogP contribution in [0.1, 0.15) is 27.2 Å². The van der Waals surface area contributed by atoms with Crippen LogP contribution in [-0.2, 0) is 9.53 Å². The minimum atomic E-state index is -2.79. The van der Waals surface area contributed by atoms with E-state index in [1.807, 2.05) is 5.32 Å². The van der Waals surface area contributed by atoms with Crippen LogP contribution in [0, 0.1) is 0 Å². The van der Waals surface area contributed by atoms with Crippen molar-refractivity contribution in [3.8, 4) is 0 Å². The summed E-state index contributed by atoms with van der Waals surface area (Å²) in [5.41, 5.74) is -0.752. The summed E-state index contributed by atoms with van der Waals surface area (Å²) in [6.45, 7) is 4.84. The Bertz CT molecular complexity index is 226. The second kappa shape index (κ2) is 5.63. The van der Waals surface area contributed by atoms with Crippen LogP contribution in [0.5, 0.6) is 0 Å². The number of hydrogen-bond donors (Lipinski definition) is 1. The average molecular weight is 223 g/mol. The number of ether oxygens (including phenoxy) is 1. The molecule has 0 rings (SSSR count). The van der Waals surface area contributed by atoms with Crippen LogP contribution in [0.15, 0.2) is 0 Å². The summed E-state index contributed by atoms with van der Waals surface area (Å²) in [6.07, 6.45) is -3.84. The van der Waals surface area contributed by atoms with Crippen LogP contribution in [0.4, 0.5) is 13.6 Å². The third kappa shape index (κ3) is 6.82. The molecule has 0 saturated heterocycles. The minimum absolute atomic E-state index is 0.328. The van der Waals surface area contributed by atoms with Crippen LogP contribution in [0.25, 0.3) is 0 Å². The fraction of sp³-hybridized carbons (Fsp3) is 0.778. The molecule has 0 radical (unpaired) electrons. The van der Waals surface area contributed by atoms with E-state index in [2.05, 4.69) is 0 Å². The first-order valence-corrected chi connectivity index (χ1v) is 4.47. The van der Waals surface area contributed by atoms with Gasteiger partial charge in [-0.1, -0.05) is 0 Å². The molecule has 0 bridgehead atoms. The van der Waals surface area contributed by atoms with Gasteiger partial charge in [-0.25, -0.2) is 13.6 Å². The number of amides is 1. The third-order valence-electron chi connectivity index (χ3n) is 1.36. The molecular formula is C9H15F2NO3. The predicted molar refractivity (Wildman–Crippen MR) is 49.8 cm³/mol. The standard InChI is InChI=1S/C9H15F2NO3/c1-9(2,3)15-8(14)12-6(4-5-13)7(10)11/h5-7H,4H2,1-3H3,(H,12,14). The SMILES string of the molecule is CC(C)(C)OC(=O)NC(CC=O)C(F)F. The molecule has 1 amide bonds. The van der Waals surface area contributed by atoms with Crippen molar-refractivity contribution in [1.82, 2.24) is 5.32 Å². The molecule has 0 aliphatic rings. The van der Waals surface area contributed by atoms with Gasteiger partial charge in [0.1, 0.15) is 11.9 Å². The first-order valence-electron chi connectivity index (χ1n) is 4.47. The lowest BCUT2D eigenvalue weighted by Crippen LogP contribution is -2.43. The van der Waals surface area contributed by atoms with Crippen LogP contribution in [0.3, 0.4) is 0 Å². The predicted octanol–water partition coefficient (Wildman–Crippen LogP) is 1.73. The lowest BCUT2D eigenvalue weighted by atomic mass is 10.2. The molecule has 1 unspecified atom stereocenters. The van der Waals surface area contributed by atoms with Gasteiger partial charge in [0, 0.05) is 6.42 Å². The van der Waals surface area contributed by atoms with Crippen LogP contribution >= 0.6 is 0 Å². The Morgan fingerprint density at radius 1 is 1.47 bits per heavy atom. The molecule has 0 aromatic rings. The van der Waals surface area contributed by atoms with E-state index < -0.39 is 30.6 Å². The lowest BCUT2D eigenvalue weighted by Gasteiger charge is -2.22. The number of hydrogen-bond acceptors (Lipinski definition) is 3. The van der Waals surface area contributed by atoms with Crippen molar-refractivity contribution in [3.63, 3.8) is 0 Å². The topological polar surface area (TPSA) is 55.4 Å². The number of rotatable bonds is 4. The highest BCUT2D eigenvalue weighted by atomic mass is 19.3. The number of carbonyl (C=O) groups excluding carboxylic acids is 2. The number of alkyl carbamates (subject to hydrolysis) is 1. The Morgan fingerprint density at radius 2 is 2.00 bits per heavy atom. The second-order valence-corrected chi connectivity index (χ2v) is 3.99. The zero-order chi connectivity index (χ0) is 12.1. The fourth-order valence-corrected chi connectivity index (χ4v) is 0.787. The molecule has 88 valence electrons. The number of alkyl halides is 2. The lowest BCUT2D eigenvalue weighted by molar-refractivity contribution is -0.109. The van der Waals surface area contributed by atoms with Gasteiger partial charge in [0.2, 0.25) is 0 Å². The van der Waals surface area contributed by atoms with Gasteiger partial charge in [-0.05, 0) is 20.8 Å². The molecule has 0 aromatic carbocycles. The molecular weight excluding hydrogens is 208 g/mol. The molecule has 6 heteroatoms. The maximum Gasteiger partial charge on any atom is 0.408 e. The van der Waals surface area contributed by atoms with E-state index in [1.165, 1.54) is 0 Å². The van der Waals surface area contributed by atoms with Gasteiger partial charge in [-0.15, -0.1) is 0 Å². The minimum Gasteiger partial charge on any atom is -0.444 e. The van der Waals surface area contributed by atoms with Gasteiger partial charge in [0.05, 0.1) is 6.04 Å². The van der Waals surface area contributed by atoms with Crippen LogP contribution in [-0.4, -0.2) is 30.4 Å². The van der Waals surface area contributed by atoms with Crippen LogP contribution < -0.4 is 5.32 Å². The van der Waals surface area contributed by atoms with E-state index in [0.717, 1.165) is 0 Å². The third-order valence-corrected chi connectivity index (χ3v) is 1.36. The Labute approximate surface area is 87.0 Å². The van der Waals surface area contributed by atoms with Crippen molar-refractivity contribution >= 4 is 12.4 Å². The van der Waals surface area contributed by atoms with E-state index in [-0.39, 0.29) is 0 Å². The van der Waals surface area contributed by atoms with Gasteiger partial charge in [0.25, 0.3) is 6.43 Å². The summed E-state index contributed by atoms with van der Waals surface area (Å²) in [5.74, 6) is 0. The Balaban J connectivity index is 4.17. The van der Waals surface area contributed by atoms with E-state index in [4.69, 9.17) is 4.74 Å². The summed E-state index contributed by atoms with van der Waals surface area (Å²) >= 11 is 0. The zero-order valence-electron chi connectivity index (χ0n) is 8.92. The Morgan fingerprint density at radius 3 is 2.33 bits per heavy atom. The van der Waals surface area contributed by atoms with Crippen molar-refractivity contribution in [2.24, 2.45) is 0 Å². The van der Waals surface area contributed by atoms with Crippen molar-refractivity contribution in [1.29, 1.82) is 0 Å². The van der Waals surface area contributed by atoms with Gasteiger partial charge in [0.15, 0.2) is 0 Å². The molecule has 0 aliphatic carbocycles. The maximum absolute atomic E-state index is 12.3.